The van der Waals surface area contributed by atoms with E-state index < -0.39 is 27.4 Å². The molecule has 10 nitrogen and oxygen atoms in total. The first-order chi connectivity index (χ1) is 14.9. The van der Waals surface area contributed by atoms with Crippen LogP contribution < -0.4 is 9.73 Å². The fourth-order valence-corrected chi connectivity index (χ4v) is 4.01. The molecule has 0 aliphatic rings. The van der Waals surface area contributed by atoms with E-state index in [0.717, 1.165) is 4.31 Å². The van der Waals surface area contributed by atoms with Crippen LogP contribution in [0.25, 0.3) is 0 Å². The Morgan fingerprint density at radius 3 is 2.35 bits per heavy atom. The van der Waals surface area contributed by atoms with Crippen molar-refractivity contribution in [3.63, 3.8) is 0 Å². The Balaban J connectivity index is 1.86. The summed E-state index contributed by atoms with van der Waals surface area (Å²) < 4.78 is 27.2. The molecule has 0 saturated carbocycles. The van der Waals surface area contributed by atoms with Crippen molar-refractivity contribution in [2.24, 2.45) is 5.10 Å². The van der Waals surface area contributed by atoms with Crippen LogP contribution in [0.5, 0.6) is 0 Å². The molecule has 0 bridgehead atoms. The number of carbonyl (C=O) groups is 1. The summed E-state index contributed by atoms with van der Waals surface area (Å²) in [5.74, 6) is -0.704. The Kier molecular flexibility index (Phi) is 6.67. The van der Waals surface area contributed by atoms with Gasteiger partial charge in [-0.25, -0.2) is 13.8 Å². The van der Waals surface area contributed by atoms with Crippen molar-refractivity contribution in [3.05, 3.63) is 94.8 Å². The molecule has 1 heterocycles. The number of carbonyl (C=O) groups excluding carboxylic acids is 1. The lowest BCUT2D eigenvalue weighted by Gasteiger charge is -2.23. The zero-order valence-corrected chi connectivity index (χ0v) is 16.8. The average molecular weight is 439 g/mol. The Hall–Kier alpha value is -4.12. The van der Waals surface area contributed by atoms with Gasteiger partial charge in [-0.05, 0) is 36.4 Å². The molecule has 1 N–H and O–H groups in total. The first-order valence-corrected chi connectivity index (χ1v) is 10.4. The molecule has 0 fully saturated rings. The standard InChI is InChI=1S/C20H17N5O5S/c26-20(23-22-14-16-6-4-5-13-21-16)15-24(17-9-11-18(12-10-17)25(27)28)31(29,30)19-7-2-1-3-8-19/h1-14H,15H2,(H,23,26)/b22-14-. The van der Waals surface area contributed by atoms with E-state index >= 15 is 0 Å². The lowest BCUT2D eigenvalue weighted by molar-refractivity contribution is -0.384. The van der Waals surface area contributed by atoms with Gasteiger partial charge in [0, 0.05) is 18.3 Å². The predicted octanol–water partition coefficient (Wildman–Crippen LogP) is 2.34. The van der Waals surface area contributed by atoms with Gasteiger partial charge in [0.15, 0.2) is 0 Å². The molecule has 158 valence electrons. The number of nitrogens with zero attached hydrogens (tertiary/aromatic N) is 4. The maximum absolute atomic E-state index is 13.1. The summed E-state index contributed by atoms with van der Waals surface area (Å²) in [7, 11) is -4.12. The summed E-state index contributed by atoms with van der Waals surface area (Å²) in [6.45, 7) is -0.589. The smallest absolute Gasteiger partial charge is 0.269 e. The van der Waals surface area contributed by atoms with E-state index in [1.54, 1.807) is 42.6 Å². The minimum Gasteiger partial charge on any atom is -0.271 e. The third-order valence-electron chi connectivity index (χ3n) is 4.04. The second-order valence-corrected chi connectivity index (χ2v) is 8.01. The van der Waals surface area contributed by atoms with E-state index in [1.807, 2.05) is 0 Å². The van der Waals surface area contributed by atoms with Crippen molar-refractivity contribution in [1.82, 2.24) is 10.4 Å². The molecular formula is C20H17N5O5S. The van der Waals surface area contributed by atoms with Crippen molar-refractivity contribution in [1.29, 1.82) is 0 Å². The maximum Gasteiger partial charge on any atom is 0.269 e. The number of hydrogen-bond donors (Lipinski definition) is 1. The number of benzene rings is 2. The quantitative estimate of drug-likeness (QED) is 0.325. The Morgan fingerprint density at radius 2 is 1.74 bits per heavy atom. The average Bonchev–Trinajstić information content (AvgIpc) is 2.79. The molecule has 11 heteroatoms. The van der Waals surface area contributed by atoms with Gasteiger partial charge < -0.3 is 0 Å². The number of anilines is 1. The summed E-state index contributed by atoms with van der Waals surface area (Å²) >= 11 is 0. The van der Waals surface area contributed by atoms with E-state index in [2.05, 4.69) is 15.5 Å². The first kappa shape index (κ1) is 21.6. The third kappa shape index (κ3) is 5.48. The number of hydrazone groups is 1. The van der Waals surface area contributed by atoms with Crippen molar-refractivity contribution >= 4 is 33.5 Å². The summed E-state index contributed by atoms with van der Waals surface area (Å²) in [5, 5.41) is 14.7. The third-order valence-corrected chi connectivity index (χ3v) is 5.83. The Morgan fingerprint density at radius 1 is 1.06 bits per heavy atom. The Bertz CT molecular complexity index is 1180. The summed E-state index contributed by atoms with van der Waals surface area (Å²) in [6.07, 6.45) is 2.88. The number of nitro benzene ring substituents is 1. The molecule has 31 heavy (non-hydrogen) atoms. The van der Waals surface area contributed by atoms with E-state index in [9.17, 15) is 23.3 Å². The van der Waals surface area contributed by atoms with Crippen molar-refractivity contribution < 1.29 is 18.1 Å². The second-order valence-electron chi connectivity index (χ2n) is 6.15. The largest absolute Gasteiger partial charge is 0.271 e. The normalized spacial score (nSPS) is 11.2. The molecule has 0 aliphatic carbocycles. The fourth-order valence-electron chi connectivity index (χ4n) is 2.56. The molecule has 0 unspecified atom stereocenters. The highest BCUT2D eigenvalue weighted by Crippen LogP contribution is 2.25. The van der Waals surface area contributed by atoms with E-state index in [4.69, 9.17) is 0 Å². The van der Waals surface area contributed by atoms with Gasteiger partial charge >= 0.3 is 0 Å². The van der Waals surface area contributed by atoms with Gasteiger partial charge in [0.1, 0.15) is 6.54 Å². The minimum atomic E-state index is -4.12. The summed E-state index contributed by atoms with van der Waals surface area (Å²) in [6, 6.07) is 17.6. The summed E-state index contributed by atoms with van der Waals surface area (Å²) in [5.41, 5.74) is 2.66. The van der Waals surface area contributed by atoms with Crippen LogP contribution in [0.4, 0.5) is 11.4 Å². The number of nitrogens with one attached hydrogen (secondary N) is 1. The van der Waals surface area contributed by atoms with Crippen LogP contribution in [-0.2, 0) is 14.8 Å². The molecule has 0 spiro atoms. The van der Waals surface area contributed by atoms with E-state index in [0.29, 0.717) is 5.69 Å². The zero-order valence-electron chi connectivity index (χ0n) is 16.0. The molecule has 1 amide bonds. The topological polar surface area (TPSA) is 135 Å². The zero-order chi connectivity index (χ0) is 22.3. The molecular weight excluding hydrogens is 422 g/mol. The molecule has 0 radical (unpaired) electrons. The van der Waals surface area contributed by atoms with Gasteiger partial charge in [0.2, 0.25) is 0 Å². The molecule has 3 aromatic rings. The maximum atomic E-state index is 13.1. The van der Waals surface area contributed by atoms with Crippen molar-refractivity contribution in [2.75, 3.05) is 10.8 Å². The number of aromatic nitrogens is 1. The van der Waals surface area contributed by atoms with Crippen LogP contribution >= 0.6 is 0 Å². The van der Waals surface area contributed by atoms with Gasteiger partial charge in [-0.15, -0.1) is 0 Å². The van der Waals surface area contributed by atoms with Gasteiger partial charge in [-0.3, -0.25) is 24.2 Å². The van der Waals surface area contributed by atoms with Crippen molar-refractivity contribution in [3.8, 4) is 0 Å². The number of rotatable bonds is 8. The molecule has 0 atom stereocenters. The molecule has 2 aromatic carbocycles. The monoisotopic (exact) mass is 439 g/mol. The van der Waals surface area contributed by atoms with Gasteiger partial charge in [0.05, 0.1) is 27.4 Å². The van der Waals surface area contributed by atoms with Crippen LogP contribution in [0, 0.1) is 10.1 Å². The number of nitro groups is 1. The lowest BCUT2D eigenvalue weighted by atomic mass is 10.3. The fraction of sp³-hybridized carbons (Fsp3) is 0.0500. The van der Waals surface area contributed by atoms with Crippen LogP contribution in [-0.4, -0.2) is 37.0 Å². The highest BCUT2D eigenvalue weighted by Gasteiger charge is 2.27. The van der Waals surface area contributed by atoms with Crippen LogP contribution in [0.3, 0.4) is 0 Å². The molecule has 3 rings (SSSR count). The van der Waals surface area contributed by atoms with Gasteiger partial charge in [-0.1, -0.05) is 24.3 Å². The van der Waals surface area contributed by atoms with Gasteiger partial charge in [0.25, 0.3) is 21.6 Å². The van der Waals surface area contributed by atoms with Gasteiger partial charge in [-0.2, -0.15) is 5.10 Å². The molecule has 1 aromatic heterocycles. The summed E-state index contributed by atoms with van der Waals surface area (Å²) in [4.78, 5) is 26.7. The van der Waals surface area contributed by atoms with Crippen molar-refractivity contribution in [2.45, 2.75) is 4.90 Å². The predicted molar refractivity (Wildman–Crippen MR) is 114 cm³/mol. The molecule has 0 saturated heterocycles. The lowest BCUT2D eigenvalue weighted by Crippen LogP contribution is -2.39. The highest BCUT2D eigenvalue weighted by molar-refractivity contribution is 7.92. The second kappa shape index (κ2) is 9.59. The number of sulfonamides is 1. The highest BCUT2D eigenvalue weighted by atomic mass is 32.2. The van der Waals surface area contributed by atoms with E-state index in [1.165, 1.54) is 42.6 Å². The number of non-ortho nitro benzene ring substituents is 1. The number of pyridine rings is 1. The first-order valence-electron chi connectivity index (χ1n) is 8.93. The Labute approximate surface area is 178 Å². The number of amides is 1. The van der Waals surface area contributed by atoms with Crippen LogP contribution in [0.2, 0.25) is 0 Å². The minimum absolute atomic E-state index is 0.0295. The number of hydrogen-bond acceptors (Lipinski definition) is 7. The van der Waals surface area contributed by atoms with E-state index in [-0.39, 0.29) is 16.3 Å². The van der Waals surface area contributed by atoms with Crippen LogP contribution in [0.1, 0.15) is 5.69 Å². The van der Waals surface area contributed by atoms with Crippen LogP contribution in [0.15, 0.2) is 89.0 Å². The molecule has 0 aliphatic heterocycles. The SMILES string of the molecule is O=C(CN(c1ccc([N+](=O)[O-])cc1)S(=O)(=O)c1ccccc1)N/N=C\c1ccccn1.